The topological polar surface area (TPSA) is 112 Å². The number of anilines is 2. The zero-order chi connectivity index (χ0) is 20.0. The number of benzene rings is 1. The molecule has 0 spiro atoms. The lowest BCUT2D eigenvalue weighted by atomic mass is 10.1. The quantitative estimate of drug-likeness (QED) is 0.279. The van der Waals surface area contributed by atoms with Crippen molar-refractivity contribution in [2.45, 2.75) is 27.7 Å². The Bertz CT molecular complexity index is 758. The fraction of sp³-hybridized carbons (Fsp3) is 0.444. The summed E-state index contributed by atoms with van der Waals surface area (Å²) in [5, 5.41) is 10.9. The first-order valence-electron chi connectivity index (χ1n) is 9.12. The third kappa shape index (κ3) is 4.30. The average molecular weight is 376 g/mol. The van der Waals surface area contributed by atoms with Crippen LogP contribution in [0.1, 0.15) is 30.8 Å². The minimum atomic E-state index is -0.386. The van der Waals surface area contributed by atoms with Crippen molar-refractivity contribution in [3.63, 3.8) is 0 Å². The number of H-pyrrole nitrogens is 1. The van der Waals surface area contributed by atoms with Crippen LogP contribution >= 0.6 is 0 Å². The fourth-order valence-electron chi connectivity index (χ4n) is 3.27. The van der Waals surface area contributed by atoms with E-state index in [-0.39, 0.29) is 17.2 Å². The number of halogens is 1. The number of aryl methyl sites for hydroxylation is 2. The summed E-state index contributed by atoms with van der Waals surface area (Å²) in [6.07, 6.45) is 0. The van der Waals surface area contributed by atoms with E-state index in [4.69, 9.17) is 11.6 Å². The highest BCUT2D eigenvalue weighted by atomic mass is 19.1. The number of amidine groups is 1. The third-order valence-corrected chi connectivity index (χ3v) is 4.47. The summed E-state index contributed by atoms with van der Waals surface area (Å²) in [7, 11) is 0. The van der Waals surface area contributed by atoms with Crippen LogP contribution in [0, 0.1) is 19.7 Å². The van der Waals surface area contributed by atoms with Gasteiger partial charge in [0.05, 0.1) is 28.3 Å². The Labute approximate surface area is 159 Å². The Morgan fingerprint density at radius 1 is 1.19 bits per heavy atom. The molecule has 0 unspecified atom stereocenters. The third-order valence-electron chi connectivity index (χ3n) is 4.47. The molecule has 148 valence electrons. The van der Waals surface area contributed by atoms with Crippen molar-refractivity contribution < 1.29 is 4.39 Å². The molecule has 0 atom stereocenters. The number of nitrogens with zero attached hydrogens (tertiary/aromatic N) is 4. The highest BCUT2D eigenvalue weighted by molar-refractivity contribution is 5.98. The zero-order valence-electron chi connectivity index (χ0n) is 16.4. The molecule has 1 aromatic heterocycles. The van der Waals surface area contributed by atoms with Crippen molar-refractivity contribution in [1.29, 1.82) is 0 Å². The van der Waals surface area contributed by atoms with Crippen molar-refractivity contribution in [2.24, 2.45) is 16.7 Å². The lowest BCUT2D eigenvalue weighted by molar-refractivity contribution is 0.595. The second kappa shape index (κ2) is 9.22. The largest absolute Gasteiger partial charge is 0.382 e. The molecule has 3 rings (SSSR count). The summed E-state index contributed by atoms with van der Waals surface area (Å²) >= 11 is 0. The van der Waals surface area contributed by atoms with Gasteiger partial charge in [0, 0.05) is 26.2 Å². The van der Waals surface area contributed by atoms with Crippen LogP contribution in [0.4, 0.5) is 15.8 Å². The lowest BCUT2D eigenvalue weighted by Gasteiger charge is -2.37. The van der Waals surface area contributed by atoms with Gasteiger partial charge in [-0.05, 0) is 26.0 Å². The number of nitrogens with one attached hydrogen (secondary N) is 2. The summed E-state index contributed by atoms with van der Waals surface area (Å²) in [6, 6.07) is 5.11. The van der Waals surface area contributed by atoms with E-state index in [9.17, 15) is 4.39 Å². The predicted octanol–water partition coefficient (Wildman–Crippen LogP) is 1.60. The first-order chi connectivity index (χ1) is 13.0. The van der Waals surface area contributed by atoms with Crippen LogP contribution in [0.2, 0.25) is 0 Å². The molecular formula is C18H29FN8. The average Bonchev–Trinajstić information content (AvgIpc) is 3.02. The first kappa shape index (κ1) is 20.5. The fourth-order valence-corrected chi connectivity index (χ4v) is 3.27. The van der Waals surface area contributed by atoms with Crippen LogP contribution in [0.5, 0.6) is 0 Å². The molecule has 0 saturated carbocycles. The van der Waals surface area contributed by atoms with E-state index < -0.39 is 0 Å². The monoisotopic (exact) mass is 376 g/mol. The second-order valence-corrected chi connectivity index (χ2v) is 6.02. The summed E-state index contributed by atoms with van der Waals surface area (Å²) in [4.78, 5) is 4.30. The van der Waals surface area contributed by atoms with E-state index >= 15 is 0 Å². The normalized spacial score (nSPS) is 14.7. The lowest BCUT2D eigenvalue weighted by Crippen LogP contribution is -2.47. The van der Waals surface area contributed by atoms with Crippen LogP contribution in [-0.2, 0) is 0 Å². The van der Waals surface area contributed by atoms with Crippen LogP contribution in [0.15, 0.2) is 23.3 Å². The Morgan fingerprint density at radius 2 is 1.81 bits per heavy atom. The van der Waals surface area contributed by atoms with E-state index in [0.717, 1.165) is 30.2 Å². The maximum Gasteiger partial charge on any atom is 0.157 e. The molecule has 1 fully saturated rings. The summed E-state index contributed by atoms with van der Waals surface area (Å²) < 4.78 is 14.8. The number of nitrogens with two attached hydrogens (primary N) is 2. The van der Waals surface area contributed by atoms with Crippen LogP contribution in [0.25, 0.3) is 0 Å². The summed E-state index contributed by atoms with van der Waals surface area (Å²) in [5.74, 6) is 4.75. The number of hydrazine groups is 1. The number of aromatic amines is 1. The minimum absolute atomic E-state index is 0.0186. The van der Waals surface area contributed by atoms with Crippen molar-refractivity contribution in [1.82, 2.24) is 15.7 Å². The van der Waals surface area contributed by atoms with E-state index in [1.165, 1.54) is 0 Å². The second-order valence-electron chi connectivity index (χ2n) is 6.02. The van der Waals surface area contributed by atoms with E-state index in [0.29, 0.717) is 18.8 Å². The van der Waals surface area contributed by atoms with Crippen LogP contribution in [0.3, 0.4) is 0 Å². The Kier molecular flexibility index (Phi) is 7.00. The van der Waals surface area contributed by atoms with Gasteiger partial charge in [-0.25, -0.2) is 15.8 Å². The van der Waals surface area contributed by atoms with Crippen molar-refractivity contribution in [2.75, 3.05) is 36.0 Å². The molecule has 2 aromatic rings. The van der Waals surface area contributed by atoms with Gasteiger partial charge in [-0.1, -0.05) is 19.9 Å². The number of hydrazone groups is 1. The Hall–Kier alpha value is -2.81. The maximum absolute atomic E-state index is 14.8. The van der Waals surface area contributed by atoms with Crippen molar-refractivity contribution in [3.8, 4) is 0 Å². The SMILES string of the molecule is CC.Cc1n[nH]c(C)c1N1CCN(c2cccc(/C(N)=N/NN)c2F)CC1. The smallest absolute Gasteiger partial charge is 0.157 e. The molecule has 2 heterocycles. The molecular weight excluding hydrogens is 347 g/mol. The number of rotatable bonds is 4. The predicted molar refractivity (Wildman–Crippen MR) is 108 cm³/mol. The van der Waals surface area contributed by atoms with Gasteiger partial charge in [-0.3, -0.25) is 5.10 Å². The first-order valence-corrected chi connectivity index (χ1v) is 9.12. The maximum atomic E-state index is 14.8. The van der Waals surface area contributed by atoms with Gasteiger partial charge in [0.25, 0.3) is 0 Å². The molecule has 0 aliphatic carbocycles. The molecule has 1 aliphatic heterocycles. The van der Waals surface area contributed by atoms with E-state index in [2.05, 4.69) is 25.7 Å². The van der Waals surface area contributed by atoms with E-state index in [1.807, 2.05) is 32.6 Å². The highest BCUT2D eigenvalue weighted by Gasteiger charge is 2.24. The molecule has 27 heavy (non-hydrogen) atoms. The standard InChI is InChI=1S/C16H23FN8.C2H6/c1-10-15(11(2)21-20-10)25-8-6-24(7-9-25)13-5-3-4-12(14(13)17)16(18)22-23-19;1-2/h3-5,23H,6-9,19H2,1-2H3,(H2,18,22)(H,20,21);1-2H3. The molecule has 0 amide bonds. The number of aromatic nitrogens is 2. The molecule has 1 saturated heterocycles. The Balaban J connectivity index is 0.00000126. The molecule has 1 aromatic carbocycles. The van der Waals surface area contributed by atoms with E-state index in [1.54, 1.807) is 18.2 Å². The summed E-state index contributed by atoms with van der Waals surface area (Å²) in [5.41, 5.74) is 11.8. The van der Waals surface area contributed by atoms with Gasteiger partial charge in [-0.2, -0.15) is 5.10 Å². The number of piperazine rings is 1. The molecule has 0 bridgehead atoms. The molecule has 8 nitrogen and oxygen atoms in total. The summed E-state index contributed by atoms with van der Waals surface area (Å²) in [6.45, 7) is 11.0. The highest BCUT2D eigenvalue weighted by Crippen LogP contribution is 2.27. The van der Waals surface area contributed by atoms with Gasteiger partial charge in [0.2, 0.25) is 0 Å². The molecule has 9 heteroatoms. The zero-order valence-corrected chi connectivity index (χ0v) is 16.4. The molecule has 1 aliphatic rings. The van der Waals surface area contributed by atoms with Crippen LogP contribution < -0.4 is 26.9 Å². The van der Waals surface area contributed by atoms with Gasteiger partial charge >= 0.3 is 0 Å². The molecule has 6 N–H and O–H groups in total. The van der Waals surface area contributed by atoms with Crippen molar-refractivity contribution >= 4 is 17.2 Å². The van der Waals surface area contributed by atoms with Crippen LogP contribution in [-0.4, -0.2) is 42.2 Å². The number of hydrogen-bond acceptors (Lipinski definition) is 6. The Morgan fingerprint density at radius 3 is 2.37 bits per heavy atom. The van der Waals surface area contributed by atoms with Gasteiger partial charge in [0.1, 0.15) is 0 Å². The molecule has 0 radical (unpaired) electrons. The van der Waals surface area contributed by atoms with Gasteiger partial charge in [-0.15, -0.1) is 5.10 Å². The van der Waals surface area contributed by atoms with Crippen molar-refractivity contribution in [3.05, 3.63) is 41.0 Å². The minimum Gasteiger partial charge on any atom is -0.382 e. The number of hydrogen-bond donors (Lipinski definition) is 4. The van der Waals surface area contributed by atoms with Gasteiger partial charge < -0.3 is 15.5 Å². The van der Waals surface area contributed by atoms with Gasteiger partial charge in [0.15, 0.2) is 11.7 Å².